The van der Waals surface area contributed by atoms with Crippen LogP contribution in [0.3, 0.4) is 0 Å². The van der Waals surface area contributed by atoms with Gasteiger partial charge in [0, 0.05) is 0 Å². The summed E-state index contributed by atoms with van der Waals surface area (Å²) >= 11 is 1.04. The maximum Gasteiger partial charge on any atom is 0.348 e. The summed E-state index contributed by atoms with van der Waals surface area (Å²) in [6, 6.07) is 9.15. The summed E-state index contributed by atoms with van der Waals surface area (Å²) in [6.45, 7) is 1.65. The number of amides is 1. The molecule has 124 valence electrons. The minimum atomic E-state index is -0.523. The molecule has 0 aliphatic carbocycles. The summed E-state index contributed by atoms with van der Waals surface area (Å²) in [6.07, 6.45) is 0.152. The number of benzene rings is 1. The van der Waals surface area contributed by atoms with E-state index in [-0.39, 0.29) is 17.9 Å². The Bertz CT molecular complexity index is 803. The van der Waals surface area contributed by atoms with Crippen LogP contribution < -0.4 is 10.1 Å². The number of ether oxygens (including phenoxy) is 2. The molecule has 0 saturated heterocycles. The van der Waals surface area contributed by atoms with E-state index in [4.69, 9.17) is 4.74 Å². The number of esters is 1. The van der Waals surface area contributed by atoms with Gasteiger partial charge in [0.1, 0.15) is 21.7 Å². The number of anilines is 1. The third kappa shape index (κ3) is 3.73. The Labute approximate surface area is 143 Å². The van der Waals surface area contributed by atoms with Crippen molar-refractivity contribution in [2.45, 2.75) is 13.3 Å². The molecular weight excluding hydrogens is 328 g/mol. The summed E-state index contributed by atoms with van der Waals surface area (Å²) < 4.78 is 9.76. The first-order chi connectivity index (χ1) is 11.5. The van der Waals surface area contributed by atoms with Gasteiger partial charge in [-0.05, 0) is 30.2 Å². The Hall–Kier alpha value is -2.85. The molecule has 2 aromatic rings. The number of thiophene rings is 1. The lowest BCUT2D eigenvalue weighted by molar-refractivity contribution is -0.115. The van der Waals surface area contributed by atoms with Crippen LogP contribution in [-0.2, 0) is 16.0 Å². The smallest absolute Gasteiger partial charge is 0.348 e. The van der Waals surface area contributed by atoms with Gasteiger partial charge < -0.3 is 14.8 Å². The fourth-order valence-electron chi connectivity index (χ4n) is 2.12. The Morgan fingerprint density at radius 2 is 1.92 bits per heavy atom. The highest BCUT2D eigenvalue weighted by molar-refractivity contribution is 7.18. The van der Waals surface area contributed by atoms with Crippen LogP contribution in [0.2, 0.25) is 0 Å². The first kappa shape index (κ1) is 17.5. The monoisotopic (exact) mass is 344 g/mol. The van der Waals surface area contributed by atoms with Gasteiger partial charge in [0.25, 0.3) is 0 Å². The molecule has 0 radical (unpaired) electrons. The van der Waals surface area contributed by atoms with Crippen molar-refractivity contribution in [1.29, 1.82) is 5.26 Å². The fourth-order valence-corrected chi connectivity index (χ4v) is 3.21. The van der Waals surface area contributed by atoms with Gasteiger partial charge in [-0.3, -0.25) is 4.79 Å². The van der Waals surface area contributed by atoms with Crippen molar-refractivity contribution in [3.8, 4) is 11.8 Å². The number of hydrogen-bond donors (Lipinski definition) is 1. The molecule has 1 amide bonds. The Morgan fingerprint density at radius 1 is 1.25 bits per heavy atom. The van der Waals surface area contributed by atoms with Crippen LogP contribution in [0.5, 0.6) is 5.75 Å². The van der Waals surface area contributed by atoms with Gasteiger partial charge in [0.2, 0.25) is 5.91 Å². The fraction of sp³-hybridized carbons (Fsp3) is 0.235. The van der Waals surface area contributed by atoms with Crippen molar-refractivity contribution in [3.63, 3.8) is 0 Å². The molecule has 0 atom stereocenters. The predicted octanol–water partition coefficient (Wildman–Crippen LogP) is 2.90. The number of nitriles is 1. The summed E-state index contributed by atoms with van der Waals surface area (Å²) in [5, 5.41) is 12.3. The molecular formula is C17H16N2O4S. The minimum absolute atomic E-state index is 0.152. The summed E-state index contributed by atoms with van der Waals surface area (Å²) in [5.41, 5.74) is 1.60. The number of nitrogens with one attached hydrogen (secondary N) is 1. The van der Waals surface area contributed by atoms with Crippen LogP contribution in [0.4, 0.5) is 5.00 Å². The highest BCUT2D eigenvalue weighted by atomic mass is 32.1. The van der Waals surface area contributed by atoms with E-state index in [1.165, 1.54) is 7.11 Å². The number of nitrogens with zero attached hydrogens (tertiary/aromatic N) is 1. The Kier molecular flexibility index (Phi) is 5.55. The summed E-state index contributed by atoms with van der Waals surface area (Å²) in [7, 11) is 2.85. The normalized spacial score (nSPS) is 9.92. The van der Waals surface area contributed by atoms with E-state index < -0.39 is 5.97 Å². The lowest BCUT2D eigenvalue weighted by atomic mass is 10.1. The van der Waals surface area contributed by atoms with Gasteiger partial charge >= 0.3 is 5.97 Å². The molecule has 1 aromatic carbocycles. The first-order valence-corrected chi connectivity index (χ1v) is 7.86. The first-order valence-electron chi connectivity index (χ1n) is 7.04. The van der Waals surface area contributed by atoms with Crippen molar-refractivity contribution in [1.82, 2.24) is 0 Å². The molecule has 24 heavy (non-hydrogen) atoms. The molecule has 1 heterocycles. The van der Waals surface area contributed by atoms with E-state index >= 15 is 0 Å². The lowest BCUT2D eigenvalue weighted by Crippen LogP contribution is -2.14. The number of rotatable bonds is 5. The quantitative estimate of drug-likeness (QED) is 0.843. The average Bonchev–Trinajstić information content (AvgIpc) is 2.90. The topological polar surface area (TPSA) is 88.4 Å². The molecule has 0 aliphatic heterocycles. The van der Waals surface area contributed by atoms with Crippen LogP contribution >= 0.6 is 11.3 Å². The maximum atomic E-state index is 12.2. The second kappa shape index (κ2) is 7.62. The van der Waals surface area contributed by atoms with Gasteiger partial charge in [-0.25, -0.2) is 4.79 Å². The van der Waals surface area contributed by atoms with E-state index in [1.54, 1.807) is 38.3 Å². The van der Waals surface area contributed by atoms with Crippen molar-refractivity contribution >= 4 is 28.2 Å². The highest BCUT2D eigenvalue weighted by Crippen LogP contribution is 2.33. The summed E-state index contributed by atoms with van der Waals surface area (Å²) in [5.74, 6) is -0.0819. The second-order valence-electron chi connectivity index (χ2n) is 4.94. The van der Waals surface area contributed by atoms with Crippen LogP contribution in [0.1, 0.15) is 26.4 Å². The zero-order valence-electron chi connectivity index (χ0n) is 13.5. The number of methoxy groups -OCH3 is 2. The van der Waals surface area contributed by atoms with Crippen molar-refractivity contribution in [2.75, 3.05) is 19.5 Å². The standard InChI is InChI=1S/C17H16N2O4S/c1-10-13(9-18)16(24-15(10)17(21)23-3)19-14(20)8-11-4-6-12(22-2)7-5-11/h4-7H,8H2,1-3H3,(H,19,20). The molecule has 0 spiro atoms. The second-order valence-corrected chi connectivity index (χ2v) is 5.96. The van der Waals surface area contributed by atoms with Crippen LogP contribution in [0.25, 0.3) is 0 Å². The minimum Gasteiger partial charge on any atom is -0.497 e. The van der Waals surface area contributed by atoms with E-state index in [0.717, 1.165) is 16.9 Å². The van der Waals surface area contributed by atoms with E-state index in [2.05, 4.69) is 10.1 Å². The molecule has 7 heteroatoms. The van der Waals surface area contributed by atoms with Gasteiger partial charge in [-0.15, -0.1) is 11.3 Å². The third-order valence-corrected chi connectivity index (χ3v) is 4.59. The molecule has 0 aliphatic rings. The molecule has 2 rings (SSSR count). The molecule has 0 unspecified atom stereocenters. The zero-order chi connectivity index (χ0) is 17.7. The summed E-state index contributed by atoms with van der Waals surface area (Å²) in [4.78, 5) is 24.2. The van der Waals surface area contributed by atoms with Crippen molar-refractivity contribution < 1.29 is 19.1 Å². The molecule has 0 saturated carbocycles. The number of carbonyl (C=O) groups is 2. The van der Waals surface area contributed by atoms with Gasteiger partial charge in [-0.2, -0.15) is 5.26 Å². The van der Waals surface area contributed by atoms with E-state index in [0.29, 0.717) is 21.2 Å². The zero-order valence-corrected chi connectivity index (χ0v) is 14.3. The molecule has 6 nitrogen and oxygen atoms in total. The molecule has 0 fully saturated rings. The van der Waals surface area contributed by atoms with Crippen LogP contribution in [-0.4, -0.2) is 26.1 Å². The van der Waals surface area contributed by atoms with Gasteiger partial charge in [-0.1, -0.05) is 12.1 Å². The molecule has 1 N–H and O–H groups in total. The van der Waals surface area contributed by atoms with Gasteiger partial charge in [0.05, 0.1) is 26.2 Å². The third-order valence-electron chi connectivity index (χ3n) is 3.41. The SMILES string of the molecule is COC(=O)c1sc(NC(=O)Cc2ccc(OC)cc2)c(C#N)c1C. The largest absolute Gasteiger partial charge is 0.497 e. The van der Waals surface area contributed by atoms with E-state index in [9.17, 15) is 14.9 Å². The van der Waals surface area contributed by atoms with Crippen molar-refractivity contribution in [3.05, 3.63) is 45.8 Å². The predicted molar refractivity (Wildman–Crippen MR) is 90.4 cm³/mol. The Balaban J connectivity index is 2.16. The van der Waals surface area contributed by atoms with Crippen molar-refractivity contribution in [2.24, 2.45) is 0 Å². The Morgan fingerprint density at radius 3 is 2.46 bits per heavy atom. The molecule has 1 aromatic heterocycles. The molecule has 0 bridgehead atoms. The lowest BCUT2D eigenvalue weighted by Gasteiger charge is -2.05. The number of hydrogen-bond acceptors (Lipinski definition) is 6. The van der Waals surface area contributed by atoms with Gasteiger partial charge in [0.15, 0.2) is 0 Å². The van der Waals surface area contributed by atoms with Crippen LogP contribution in [0.15, 0.2) is 24.3 Å². The van der Waals surface area contributed by atoms with Crippen LogP contribution in [0, 0.1) is 18.3 Å². The average molecular weight is 344 g/mol. The number of carbonyl (C=O) groups excluding carboxylic acids is 2. The maximum absolute atomic E-state index is 12.2. The van der Waals surface area contributed by atoms with E-state index in [1.807, 2.05) is 6.07 Å². The highest BCUT2D eigenvalue weighted by Gasteiger charge is 2.21.